The number of hydrogen-bond donors (Lipinski definition) is 1. The number of nitriles is 1. The van der Waals surface area contributed by atoms with Crippen LogP contribution in [0.15, 0.2) is 24.3 Å². The predicted molar refractivity (Wildman–Crippen MR) is 91.5 cm³/mol. The summed E-state index contributed by atoms with van der Waals surface area (Å²) in [5.41, 5.74) is 2.74. The van der Waals surface area contributed by atoms with Gasteiger partial charge in [-0.1, -0.05) is 0 Å². The Labute approximate surface area is 141 Å². The molecule has 0 spiro atoms. The summed E-state index contributed by atoms with van der Waals surface area (Å²) in [6.07, 6.45) is 1.95. The van der Waals surface area contributed by atoms with Crippen molar-refractivity contribution in [2.75, 3.05) is 23.3 Å². The van der Waals surface area contributed by atoms with E-state index in [2.05, 4.69) is 15.3 Å². The maximum atomic E-state index is 14.2. The van der Waals surface area contributed by atoms with Gasteiger partial charge in [0.05, 0.1) is 17.3 Å². The third-order valence-electron chi connectivity index (χ3n) is 4.15. The summed E-state index contributed by atoms with van der Waals surface area (Å²) in [5, 5.41) is 12.2. The molecule has 2 aromatic rings. The second-order valence-electron chi connectivity index (χ2n) is 6.18. The van der Waals surface area contributed by atoms with E-state index >= 15 is 0 Å². The van der Waals surface area contributed by atoms with Gasteiger partial charge in [0.1, 0.15) is 5.82 Å². The van der Waals surface area contributed by atoms with E-state index < -0.39 is 0 Å². The standard InChI is InChI=1S/C18H20FN5/c1-12-8-13(2)22-18(21-12)23-15-4-3-7-24(11-15)17-6-5-14(10-20)9-16(17)19/h5-6,8-9,15H,3-4,7,11H2,1-2H3,(H,21,22,23). The highest BCUT2D eigenvalue weighted by Gasteiger charge is 2.23. The van der Waals surface area contributed by atoms with E-state index in [-0.39, 0.29) is 11.9 Å². The minimum atomic E-state index is -0.350. The number of halogens is 1. The van der Waals surface area contributed by atoms with E-state index in [1.54, 1.807) is 12.1 Å². The average Bonchev–Trinajstić information content (AvgIpc) is 2.54. The first kappa shape index (κ1) is 16.2. The van der Waals surface area contributed by atoms with Crippen molar-refractivity contribution in [3.05, 3.63) is 47.0 Å². The Morgan fingerprint density at radius 3 is 2.67 bits per heavy atom. The summed E-state index contributed by atoms with van der Waals surface area (Å²) in [5.74, 6) is 0.275. The van der Waals surface area contributed by atoms with Gasteiger partial charge in [0.2, 0.25) is 5.95 Å². The summed E-state index contributed by atoms with van der Waals surface area (Å²) in [7, 11) is 0. The SMILES string of the molecule is Cc1cc(C)nc(NC2CCCN(c3ccc(C#N)cc3F)C2)n1. The minimum Gasteiger partial charge on any atom is -0.367 e. The Morgan fingerprint density at radius 2 is 2.00 bits per heavy atom. The molecule has 1 saturated heterocycles. The monoisotopic (exact) mass is 325 g/mol. The van der Waals surface area contributed by atoms with Crippen molar-refractivity contribution in [2.45, 2.75) is 32.7 Å². The molecule has 3 rings (SSSR count). The zero-order valence-electron chi connectivity index (χ0n) is 13.9. The highest BCUT2D eigenvalue weighted by Crippen LogP contribution is 2.25. The summed E-state index contributed by atoms with van der Waals surface area (Å²) in [6.45, 7) is 5.37. The van der Waals surface area contributed by atoms with Crippen LogP contribution < -0.4 is 10.2 Å². The maximum Gasteiger partial charge on any atom is 0.223 e. The van der Waals surface area contributed by atoms with Crippen LogP contribution in [0, 0.1) is 31.0 Å². The Hall–Kier alpha value is -2.68. The van der Waals surface area contributed by atoms with Crippen molar-refractivity contribution < 1.29 is 4.39 Å². The third kappa shape index (κ3) is 3.62. The number of benzene rings is 1. The van der Waals surface area contributed by atoms with Crippen LogP contribution in [0.5, 0.6) is 0 Å². The maximum absolute atomic E-state index is 14.2. The third-order valence-corrected chi connectivity index (χ3v) is 4.15. The number of piperidine rings is 1. The summed E-state index contributed by atoms with van der Waals surface area (Å²) in [6, 6.07) is 8.69. The molecule has 0 aliphatic carbocycles. The number of nitrogens with zero attached hydrogens (tertiary/aromatic N) is 4. The molecular weight excluding hydrogens is 305 g/mol. The zero-order valence-corrected chi connectivity index (χ0v) is 13.9. The first-order valence-electron chi connectivity index (χ1n) is 8.08. The van der Waals surface area contributed by atoms with Gasteiger partial charge in [-0.25, -0.2) is 14.4 Å². The lowest BCUT2D eigenvalue weighted by Gasteiger charge is -2.35. The lowest BCUT2D eigenvalue weighted by molar-refractivity contribution is 0.516. The highest BCUT2D eigenvalue weighted by atomic mass is 19.1. The Balaban J connectivity index is 1.73. The average molecular weight is 325 g/mol. The fourth-order valence-corrected chi connectivity index (χ4v) is 3.12. The molecule has 1 aromatic carbocycles. The molecule has 124 valence electrons. The molecule has 2 heterocycles. The number of anilines is 2. The summed E-state index contributed by atoms with van der Waals surface area (Å²) in [4.78, 5) is 10.8. The number of rotatable bonds is 3. The molecule has 5 nitrogen and oxygen atoms in total. The minimum absolute atomic E-state index is 0.162. The molecule has 0 radical (unpaired) electrons. The first-order valence-corrected chi connectivity index (χ1v) is 8.08. The smallest absolute Gasteiger partial charge is 0.223 e. The van der Waals surface area contributed by atoms with Crippen LogP contribution in [-0.2, 0) is 0 Å². The predicted octanol–water partition coefficient (Wildman–Crippen LogP) is 3.19. The van der Waals surface area contributed by atoms with Crippen molar-refractivity contribution in [3.8, 4) is 6.07 Å². The molecule has 1 fully saturated rings. The quantitative estimate of drug-likeness (QED) is 0.939. The molecule has 0 bridgehead atoms. The molecule has 6 heteroatoms. The molecule has 1 aliphatic heterocycles. The second-order valence-corrected chi connectivity index (χ2v) is 6.18. The number of hydrogen-bond acceptors (Lipinski definition) is 5. The van der Waals surface area contributed by atoms with Gasteiger partial charge in [0, 0.05) is 30.5 Å². The van der Waals surface area contributed by atoms with Crippen LogP contribution in [0.1, 0.15) is 29.8 Å². The summed E-state index contributed by atoms with van der Waals surface area (Å²) >= 11 is 0. The van der Waals surface area contributed by atoms with Gasteiger partial charge in [-0.2, -0.15) is 5.26 Å². The molecule has 1 aliphatic rings. The number of aryl methyl sites for hydroxylation is 2. The van der Waals surface area contributed by atoms with E-state index in [0.29, 0.717) is 23.7 Å². The Kier molecular flexibility index (Phi) is 4.61. The molecule has 0 amide bonds. The molecule has 1 N–H and O–H groups in total. The van der Waals surface area contributed by atoms with Gasteiger partial charge in [0.15, 0.2) is 0 Å². The van der Waals surface area contributed by atoms with Crippen LogP contribution in [0.3, 0.4) is 0 Å². The van der Waals surface area contributed by atoms with E-state index in [1.807, 2.05) is 30.9 Å². The molecule has 0 saturated carbocycles. The molecule has 24 heavy (non-hydrogen) atoms. The van der Waals surface area contributed by atoms with E-state index in [1.165, 1.54) is 6.07 Å². The van der Waals surface area contributed by atoms with E-state index in [4.69, 9.17) is 5.26 Å². The first-order chi connectivity index (χ1) is 11.5. The molecule has 1 unspecified atom stereocenters. The number of aromatic nitrogens is 2. The Bertz CT molecular complexity index is 763. The van der Waals surface area contributed by atoms with Gasteiger partial charge in [-0.15, -0.1) is 0 Å². The zero-order chi connectivity index (χ0) is 17.1. The highest BCUT2D eigenvalue weighted by molar-refractivity contribution is 5.52. The normalized spacial score (nSPS) is 17.4. The van der Waals surface area contributed by atoms with Crippen LogP contribution >= 0.6 is 0 Å². The molecular formula is C18H20FN5. The van der Waals surface area contributed by atoms with Crippen molar-refractivity contribution in [3.63, 3.8) is 0 Å². The van der Waals surface area contributed by atoms with Gasteiger partial charge >= 0.3 is 0 Å². The van der Waals surface area contributed by atoms with Crippen LogP contribution in [0.4, 0.5) is 16.0 Å². The summed E-state index contributed by atoms with van der Waals surface area (Å²) < 4.78 is 14.2. The van der Waals surface area contributed by atoms with E-state index in [9.17, 15) is 4.39 Å². The lowest BCUT2D eigenvalue weighted by atomic mass is 10.0. The van der Waals surface area contributed by atoms with Crippen LogP contribution in [0.2, 0.25) is 0 Å². The lowest BCUT2D eigenvalue weighted by Crippen LogP contribution is -2.42. The fraction of sp³-hybridized carbons (Fsp3) is 0.389. The van der Waals surface area contributed by atoms with Gasteiger partial charge in [-0.05, 0) is 51.0 Å². The van der Waals surface area contributed by atoms with E-state index in [0.717, 1.165) is 30.8 Å². The Morgan fingerprint density at radius 1 is 1.25 bits per heavy atom. The van der Waals surface area contributed by atoms with Crippen molar-refractivity contribution >= 4 is 11.6 Å². The molecule has 1 atom stereocenters. The topological polar surface area (TPSA) is 64.8 Å². The largest absolute Gasteiger partial charge is 0.367 e. The van der Waals surface area contributed by atoms with Crippen LogP contribution in [-0.4, -0.2) is 29.1 Å². The van der Waals surface area contributed by atoms with Gasteiger partial charge in [0.25, 0.3) is 0 Å². The van der Waals surface area contributed by atoms with Crippen LogP contribution in [0.25, 0.3) is 0 Å². The number of nitrogens with one attached hydrogen (secondary N) is 1. The molecule has 1 aromatic heterocycles. The van der Waals surface area contributed by atoms with Gasteiger partial charge in [-0.3, -0.25) is 0 Å². The van der Waals surface area contributed by atoms with Crippen molar-refractivity contribution in [2.24, 2.45) is 0 Å². The van der Waals surface area contributed by atoms with Crippen molar-refractivity contribution in [1.29, 1.82) is 5.26 Å². The van der Waals surface area contributed by atoms with Crippen molar-refractivity contribution in [1.82, 2.24) is 9.97 Å². The second kappa shape index (κ2) is 6.83. The van der Waals surface area contributed by atoms with Gasteiger partial charge < -0.3 is 10.2 Å². The fourth-order valence-electron chi connectivity index (χ4n) is 3.12.